The van der Waals surface area contributed by atoms with Gasteiger partial charge in [-0.05, 0) is 109 Å². The van der Waals surface area contributed by atoms with Crippen LogP contribution in [0.15, 0.2) is 36.4 Å². The first kappa shape index (κ1) is 69.3. The van der Waals surface area contributed by atoms with Crippen LogP contribution in [0.5, 0.6) is 0 Å². The normalized spacial score (nSPS) is 13.9. The molecule has 0 bridgehead atoms. The van der Waals surface area contributed by atoms with Crippen molar-refractivity contribution in [2.75, 3.05) is 0 Å². The van der Waals surface area contributed by atoms with Gasteiger partial charge in [0.05, 0.1) is 23.5 Å². The van der Waals surface area contributed by atoms with Crippen molar-refractivity contribution in [3.63, 3.8) is 0 Å². The monoisotopic (exact) mass is 1260 g/mol. The van der Waals surface area contributed by atoms with E-state index < -0.39 is 0 Å². The fourth-order valence-corrected chi connectivity index (χ4v) is 19.9. The number of unbranched alkanes of at least 4 members (excludes halogenated alkanes) is 40. The molecule has 9 rings (SSSR count). The summed E-state index contributed by atoms with van der Waals surface area (Å²) in [6.07, 6.45) is 65.2. The molecule has 0 fully saturated rings. The smallest absolute Gasteiger partial charge is 0.114 e. The summed E-state index contributed by atoms with van der Waals surface area (Å²) in [6, 6.07) is 15.9. The van der Waals surface area contributed by atoms with E-state index in [0.29, 0.717) is 0 Å². The van der Waals surface area contributed by atoms with Crippen molar-refractivity contribution in [3.05, 3.63) is 69.1 Å². The topological polar surface area (TPSA) is 51.6 Å². The molecule has 7 aromatic rings. The number of nitrogens with zero attached hydrogens (tertiary/aromatic N) is 4. The Labute approximate surface area is 553 Å². The largest absolute Gasteiger partial charge is 0.173 e. The molecule has 2 aliphatic carbocycles. The fourth-order valence-electron chi connectivity index (χ4n) is 16.4. The zero-order valence-corrected chi connectivity index (χ0v) is 60.1. The SMILES string of the molecule is CCCCCCCCCCCCCC1(CCCCCCCCCCCCC)c2cc3c(cc2-c2c1cc(C)c1nsnc21)C(CCCCCCCCCCCCC)(CCCCCCCCCCCCC)c1cc(-c2cc4sc(C)cc4s2)c2nsnc2c1-3. The minimum Gasteiger partial charge on any atom is -0.173 e. The maximum absolute atomic E-state index is 5.48. The Bertz CT molecular complexity index is 3050. The third-order valence-corrected chi connectivity index (χ3v) is 24.7. The van der Waals surface area contributed by atoms with Gasteiger partial charge in [-0.15, -0.1) is 22.7 Å². The first-order valence-corrected chi connectivity index (χ1v) is 40.7. The fraction of sp³-hybridized carbons (Fsp3) is 0.700. The molecular formula is C80H120N4S4. The standard InChI is InChI=1S/C80H120N4S4/c1-7-11-15-19-23-27-31-35-39-43-47-51-79(52-48-44-40-36-32-28-24-20-16-12-8-2)66-58-64-67(57-63(66)73-68(79)55-61(5)75-77(73)83-87-81-75)80(53-49-45-41-37-33-29-25-21-17-13-9-3,54-50-46-42-38-34-30-26-22-18-14-10-4)69-59-65(76-78(74(64)69)84-88-82-76)70-60-72-71(86-70)56-62(6)85-72/h55-60H,7-54H2,1-6H3. The first-order valence-electron chi connectivity index (χ1n) is 37.6. The Morgan fingerprint density at radius 1 is 0.284 bits per heavy atom. The van der Waals surface area contributed by atoms with Gasteiger partial charge >= 0.3 is 0 Å². The summed E-state index contributed by atoms with van der Waals surface area (Å²) in [5.41, 5.74) is 19.2. The highest BCUT2D eigenvalue weighted by Crippen LogP contribution is 2.63. The highest BCUT2D eigenvalue weighted by Gasteiger charge is 2.50. The number of rotatable bonds is 49. The van der Waals surface area contributed by atoms with Crippen LogP contribution in [0.25, 0.3) is 64.2 Å². The second-order valence-corrected chi connectivity index (χ2v) is 31.8. The molecular weight excluding hydrogens is 1150 g/mol. The van der Waals surface area contributed by atoms with Gasteiger partial charge in [-0.2, -0.15) is 17.5 Å². The molecule has 2 aliphatic rings. The number of benzene rings is 3. The zero-order valence-electron chi connectivity index (χ0n) is 56.8. The molecule has 88 heavy (non-hydrogen) atoms. The van der Waals surface area contributed by atoms with Gasteiger partial charge in [0.1, 0.15) is 22.1 Å². The van der Waals surface area contributed by atoms with Crippen LogP contribution in [0.3, 0.4) is 0 Å². The van der Waals surface area contributed by atoms with E-state index in [4.69, 9.17) is 17.5 Å². The Balaban J connectivity index is 1.10. The van der Waals surface area contributed by atoms with Crippen molar-refractivity contribution >= 4 is 77.6 Å². The highest BCUT2D eigenvalue weighted by molar-refractivity contribution is 7.29. The molecule has 0 saturated heterocycles. The van der Waals surface area contributed by atoms with Crippen LogP contribution in [0.4, 0.5) is 0 Å². The molecule has 4 nitrogen and oxygen atoms in total. The van der Waals surface area contributed by atoms with Crippen LogP contribution in [0.2, 0.25) is 0 Å². The second kappa shape index (κ2) is 37.0. The number of fused-ring (bicyclic) bond motifs is 11. The van der Waals surface area contributed by atoms with Gasteiger partial charge < -0.3 is 0 Å². The quantitative estimate of drug-likeness (QED) is 0.0357. The summed E-state index contributed by atoms with van der Waals surface area (Å²) in [5, 5.41) is 0. The van der Waals surface area contributed by atoms with E-state index >= 15 is 0 Å². The average molecular weight is 1270 g/mol. The maximum Gasteiger partial charge on any atom is 0.114 e. The third kappa shape index (κ3) is 17.8. The van der Waals surface area contributed by atoms with E-state index in [1.807, 2.05) is 22.7 Å². The van der Waals surface area contributed by atoms with Gasteiger partial charge in [-0.25, -0.2) is 0 Å². The van der Waals surface area contributed by atoms with Gasteiger partial charge in [-0.1, -0.05) is 316 Å². The molecule has 484 valence electrons. The van der Waals surface area contributed by atoms with Crippen molar-refractivity contribution in [2.24, 2.45) is 0 Å². The number of hydrogen-bond acceptors (Lipinski definition) is 8. The lowest BCUT2D eigenvalue weighted by Gasteiger charge is -2.35. The van der Waals surface area contributed by atoms with Crippen molar-refractivity contribution in [2.45, 2.75) is 361 Å². The summed E-state index contributed by atoms with van der Waals surface area (Å²) < 4.78 is 24.0. The van der Waals surface area contributed by atoms with Gasteiger partial charge in [0.2, 0.25) is 0 Å². The molecule has 0 N–H and O–H groups in total. The lowest BCUT2D eigenvalue weighted by atomic mass is 9.68. The molecule has 0 radical (unpaired) electrons. The van der Waals surface area contributed by atoms with Gasteiger partial charge in [0, 0.05) is 46.7 Å². The maximum atomic E-state index is 5.48. The van der Waals surface area contributed by atoms with Crippen LogP contribution in [-0.4, -0.2) is 17.5 Å². The summed E-state index contributed by atoms with van der Waals surface area (Å²) in [5.74, 6) is 0. The van der Waals surface area contributed by atoms with E-state index in [2.05, 4.69) is 77.9 Å². The molecule has 0 atom stereocenters. The van der Waals surface area contributed by atoms with Crippen LogP contribution < -0.4 is 0 Å². The molecule has 0 saturated carbocycles. The lowest BCUT2D eigenvalue weighted by molar-refractivity contribution is 0.393. The summed E-state index contributed by atoms with van der Waals surface area (Å²) in [4.78, 5) is 2.76. The predicted octanol–water partition coefficient (Wildman–Crippen LogP) is 28.6. The van der Waals surface area contributed by atoms with Gasteiger partial charge in [-0.3, -0.25) is 0 Å². The molecule has 0 unspecified atom stereocenters. The van der Waals surface area contributed by atoms with Crippen molar-refractivity contribution in [1.82, 2.24) is 17.5 Å². The molecule has 8 heteroatoms. The molecule has 4 heterocycles. The van der Waals surface area contributed by atoms with Crippen LogP contribution in [-0.2, 0) is 10.8 Å². The van der Waals surface area contributed by atoms with Crippen molar-refractivity contribution in [3.8, 4) is 32.7 Å². The first-order chi connectivity index (χ1) is 43.4. The van der Waals surface area contributed by atoms with E-state index in [9.17, 15) is 0 Å². The van der Waals surface area contributed by atoms with Crippen molar-refractivity contribution < 1.29 is 0 Å². The van der Waals surface area contributed by atoms with Gasteiger partial charge in [0.15, 0.2) is 0 Å². The molecule has 3 aromatic carbocycles. The summed E-state index contributed by atoms with van der Waals surface area (Å²) >= 11 is 6.80. The summed E-state index contributed by atoms with van der Waals surface area (Å²) in [7, 11) is 0. The number of hydrogen-bond donors (Lipinski definition) is 0. The Morgan fingerprint density at radius 2 is 0.580 bits per heavy atom. The zero-order chi connectivity index (χ0) is 61.2. The molecule has 0 spiro atoms. The second-order valence-electron chi connectivity index (χ2n) is 28.3. The molecule has 4 aromatic heterocycles. The molecule has 0 amide bonds. The van der Waals surface area contributed by atoms with Crippen LogP contribution >= 0.6 is 46.1 Å². The average Bonchev–Trinajstić information content (AvgIpc) is 1.53. The van der Waals surface area contributed by atoms with Gasteiger partial charge in [0.25, 0.3) is 0 Å². The minimum atomic E-state index is -0.114. The Hall–Kier alpha value is -3.04. The number of thiophene rings is 2. The van der Waals surface area contributed by atoms with E-state index in [1.165, 1.54) is 390 Å². The number of aryl methyl sites for hydroxylation is 2. The van der Waals surface area contributed by atoms with E-state index in [0.717, 1.165) is 16.6 Å². The minimum absolute atomic E-state index is 0.0710. The van der Waals surface area contributed by atoms with E-state index in [-0.39, 0.29) is 10.8 Å². The van der Waals surface area contributed by atoms with Crippen LogP contribution in [0, 0.1) is 13.8 Å². The highest BCUT2D eigenvalue weighted by atomic mass is 32.1. The Morgan fingerprint density at radius 3 is 0.943 bits per heavy atom. The number of aromatic nitrogens is 4. The Kier molecular flexibility index (Phi) is 29.1. The molecule has 0 aliphatic heterocycles. The third-order valence-electron chi connectivity index (χ3n) is 21.5. The summed E-state index contributed by atoms with van der Waals surface area (Å²) in [6.45, 7) is 13.9. The van der Waals surface area contributed by atoms with E-state index in [1.54, 1.807) is 22.3 Å². The van der Waals surface area contributed by atoms with Crippen LogP contribution in [0.1, 0.15) is 369 Å². The predicted molar refractivity (Wildman–Crippen MR) is 393 cm³/mol. The van der Waals surface area contributed by atoms with Crippen molar-refractivity contribution in [1.29, 1.82) is 0 Å². The lowest BCUT2D eigenvalue weighted by Crippen LogP contribution is -2.27.